The third kappa shape index (κ3) is 4.49. The van der Waals surface area contributed by atoms with Crippen molar-refractivity contribution in [3.8, 4) is 0 Å². The van der Waals surface area contributed by atoms with Gasteiger partial charge in [-0.05, 0) is 18.4 Å². The van der Waals surface area contributed by atoms with E-state index in [2.05, 4.69) is 18.8 Å². The Labute approximate surface area is 134 Å². The lowest BCUT2D eigenvalue weighted by molar-refractivity contribution is -0.141. The first-order valence-corrected chi connectivity index (χ1v) is 8.03. The van der Waals surface area contributed by atoms with Crippen LogP contribution in [0.4, 0.5) is 0 Å². The van der Waals surface area contributed by atoms with Gasteiger partial charge in [0.2, 0.25) is 0 Å². The van der Waals surface area contributed by atoms with Crippen molar-refractivity contribution in [2.24, 2.45) is 0 Å². The summed E-state index contributed by atoms with van der Waals surface area (Å²) in [7, 11) is 0. The molecule has 116 valence electrons. The maximum absolute atomic E-state index is 12.0. The monoisotopic (exact) mass is 317 g/mol. The van der Waals surface area contributed by atoms with Gasteiger partial charge in [0.25, 0.3) is 0 Å². The maximum Gasteiger partial charge on any atom is 0.312 e. The molecule has 0 N–H and O–H groups in total. The molecule has 2 aromatic rings. The summed E-state index contributed by atoms with van der Waals surface area (Å²) >= 11 is 1.49. The number of benzene rings is 1. The third-order valence-electron chi connectivity index (χ3n) is 3.26. The number of esters is 1. The highest BCUT2D eigenvalue weighted by atomic mass is 32.1. The topological polar surface area (TPSA) is 56.3 Å². The summed E-state index contributed by atoms with van der Waals surface area (Å²) in [4.78, 5) is 27.9. The highest BCUT2D eigenvalue weighted by molar-refractivity contribution is 7.09. The van der Waals surface area contributed by atoms with Crippen molar-refractivity contribution in [3.63, 3.8) is 0 Å². The molecule has 0 unspecified atom stereocenters. The number of ketones is 1. The number of carbonyl (C=O) groups excluding carboxylic acids is 2. The number of hydrogen-bond donors (Lipinski definition) is 0. The Morgan fingerprint density at radius 1 is 1.23 bits per heavy atom. The average molecular weight is 317 g/mol. The van der Waals surface area contributed by atoms with E-state index in [9.17, 15) is 9.59 Å². The molecule has 0 bridgehead atoms. The van der Waals surface area contributed by atoms with Crippen molar-refractivity contribution in [2.75, 3.05) is 6.61 Å². The number of hydrogen-bond acceptors (Lipinski definition) is 5. The summed E-state index contributed by atoms with van der Waals surface area (Å²) in [5.74, 6) is -0.209. The minimum atomic E-state index is -0.433. The van der Waals surface area contributed by atoms with Crippen LogP contribution in [0.15, 0.2) is 29.6 Å². The van der Waals surface area contributed by atoms with E-state index in [1.807, 2.05) is 24.4 Å². The molecule has 0 aliphatic rings. The lowest BCUT2D eigenvalue weighted by atomic mass is 10.0. The van der Waals surface area contributed by atoms with Crippen molar-refractivity contribution in [3.05, 3.63) is 51.5 Å². The summed E-state index contributed by atoms with van der Waals surface area (Å²) in [5, 5.41) is 2.73. The van der Waals surface area contributed by atoms with Gasteiger partial charge in [0.05, 0.1) is 17.1 Å². The third-order valence-corrected chi connectivity index (χ3v) is 4.08. The predicted octanol–water partition coefficient (Wildman–Crippen LogP) is 3.54. The summed E-state index contributed by atoms with van der Waals surface area (Å²) in [6, 6.07) is 7.40. The number of nitrogens with zero attached hydrogens (tertiary/aromatic N) is 1. The minimum absolute atomic E-state index is 0.101. The fraction of sp³-hybridized carbons (Fsp3) is 0.353. The van der Waals surface area contributed by atoms with Crippen LogP contribution in [0.2, 0.25) is 0 Å². The fourth-order valence-electron chi connectivity index (χ4n) is 1.97. The zero-order valence-corrected chi connectivity index (χ0v) is 13.8. The average Bonchev–Trinajstić information content (AvgIpc) is 2.90. The molecule has 0 aliphatic carbocycles. The normalized spacial score (nSPS) is 10.7. The van der Waals surface area contributed by atoms with Gasteiger partial charge in [0, 0.05) is 10.9 Å². The first-order valence-electron chi connectivity index (χ1n) is 7.15. The largest absolute Gasteiger partial charge is 0.457 e. The molecule has 1 heterocycles. The van der Waals surface area contributed by atoms with Crippen molar-refractivity contribution in [1.82, 2.24) is 4.98 Å². The Hall–Kier alpha value is -2.01. The van der Waals surface area contributed by atoms with Gasteiger partial charge < -0.3 is 4.74 Å². The maximum atomic E-state index is 12.0. The molecular formula is C17H19NO3S. The molecule has 4 nitrogen and oxygen atoms in total. The quantitative estimate of drug-likeness (QED) is 0.604. The molecule has 0 aliphatic heterocycles. The smallest absolute Gasteiger partial charge is 0.312 e. The Bertz CT molecular complexity index is 659. The van der Waals surface area contributed by atoms with Gasteiger partial charge in [0.1, 0.15) is 0 Å². The van der Waals surface area contributed by atoms with Gasteiger partial charge >= 0.3 is 5.97 Å². The Morgan fingerprint density at radius 3 is 2.45 bits per heavy atom. The number of aromatic nitrogens is 1. The van der Waals surface area contributed by atoms with Crippen LogP contribution in [0.3, 0.4) is 0 Å². The zero-order valence-electron chi connectivity index (χ0n) is 13.0. The van der Waals surface area contributed by atoms with Crippen molar-refractivity contribution in [2.45, 2.75) is 33.1 Å². The number of Topliss-reactive ketones (excluding diaryl/α,β-unsaturated/α-hetero) is 1. The molecule has 1 aromatic heterocycles. The van der Waals surface area contributed by atoms with Crippen LogP contribution < -0.4 is 0 Å². The van der Waals surface area contributed by atoms with E-state index in [-0.39, 0.29) is 18.8 Å². The molecule has 22 heavy (non-hydrogen) atoms. The van der Waals surface area contributed by atoms with Crippen molar-refractivity contribution >= 4 is 23.1 Å². The number of aryl methyl sites for hydroxylation is 1. The molecule has 5 heteroatoms. The molecule has 0 saturated carbocycles. The number of thiazole rings is 1. The minimum Gasteiger partial charge on any atom is -0.457 e. The van der Waals surface area contributed by atoms with E-state index >= 15 is 0 Å². The van der Waals surface area contributed by atoms with Crippen LogP contribution in [-0.2, 0) is 16.0 Å². The molecular weight excluding hydrogens is 298 g/mol. The zero-order chi connectivity index (χ0) is 16.1. The highest BCUT2D eigenvalue weighted by Crippen LogP contribution is 2.15. The molecule has 0 radical (unpaired) electrons. The first-order chi connectivity index (χ1) is 10.5. The highest BCUT2D eigenvalue weighted by Gasteiger charge is 2.12. The molecule has 0 spiro atoms. The predicted molar refractivity (Wildman–Crippen MR) is 86.4 cm³/mol. The van der Waals surface area contributed by atoms with E-state index in [1.165, 1.54) is 16.9 Å². The van der Waals surface area contributed by atoms with Gasteiger partial charge in [0.15, 0.2) is 12.4 Å². The van der Waals surface area contributed by atoms with Gasteiger partial charge in [-0.25, -0.2) is 4.98 Å². The molecule has 0 saturated heterocycles. The fourth-order valence-corrected chi connectivity index (χ4v) is 2.58. The summed E-state index contributed by atoms with van der Waals surface area (Å²) in [6.07, 6.45) is 0.101. The SMILES string of the molecule is Cc1nc(CC(=O)OCC(=O)c2ccc(C(C)C)cc2)cs1. The van der Waals surface area contributed by atoms with Gasteiger partial charge in [-0.2, -0.15) is 0 Å². The van der Waals surface area contributed by atoms with E-state index in [0.717, 1.165) is 5.01 Å². The summed E-state index contributed by atoms with van der Waals surface area (Å²) in [5.41, 5.74) is 2.41. The lowest BCUT2D eigenvalue weighted by Gasteiger charge is -2.07. The second kappa shape index (κ2) is 7.31. The molecule has 2 rings (SSSR count). The number of rotatable bonds is 6. The lowest BCUT2D eigenvalue weighted by Crippen LogP contribution is -2.15. The first kappa shape index (κ1) is 16.4. The van der Waals surface area contributed by atoms with Gasteiger partial charge in [-0.15, -0.1) is 11.3 Å². The van der Waals surface area contributed by atoms with E-state index in [4.69, 9.17) is 4.74 Å². The second-order valence-electron chi connectivity index (χ2n) is 5.40. The van der Waals surface area contributed by atoms with Gasteiger partial charge in [-0.3, -0.25) is 9.59 Å². The molecule has 0 atom stereocenters. The Morgan fingerprint density at radius 2 is 1.91 bits per heavy atom. The van der Waals surface area contributed by atoms with Crippen LogP contribution in [0, 0.1) is 6.92 Å². The van der Waals surface area contributed by atoms with Gasteiger partial charge in [-0.1, -0.05) is 38.1 Å². The Kier molecular flexibility index (Phi) is 5.44. The van der Waals surface area contributed by atoms with Crippen LogP contribution in [0.5, 0.6) is 0 Å². The number of carbonyl (C=O) groups is 2. The standard InChI is InChI=1S/C17H19NO3S/c1-11(2)13-4-6-14(7-5-13)16(19)9-21-17(20)8-15-10-22-12(3)18-15/h4-7,10-11H,8-9H2,1-3H3. The van der Waals surface area contributed by atoms with E-state index in [1.54, 1.807) is 12.1 Å². The van der Waals surface area contributed by atoms with E-state index < -0.39 is 5.97 Å². The summed E-state index contributed by atoms with van der Waals surface area (Å²) < 4.78 is 5.03. The van der Waals surface area contributed by atoms with Crippen LogP contribution in [-0.4, -0.2) is 23.3 Å². The van der Waals surface area contributed by atoms with Crippen molar-refractivity contribution in [1.29, 1.82) is 0 Å². The van der Waals surface area contributed by atoms with Crippen molar-refractivity contribution < 1.29 is 14.3 Å². The summed E-state index contributed by atoms with van der Waals surface area (Å²) in [6.45, 7) is 5.84. The molecule has 0 amide bonds. The second-order valence-corrected chi connectivity index (χ2v) is 6.46. The van der Waals surface area contributed by atoms with Crippen LogP contribution in [0.25, 0.3) is 0 Å². The van der Waals surface area contributed by atoms with Crippen LogP contribution >= 0.6 is 11.3 Å². The van der Waals surface area contributed by atoms with E-state index in [0.29, 0.717) is 17.2 Å². The van der Waals surface area contributed by atoms with Crippen LogP contribution in [0.1, 0.15) is 46.4 Å². The Balaban J connectivity index is 1.85. The molecule has 0 fully saturated rings. The molecule has 1 aromatic carbocycles. The number of ether oxygens (including phenoxy) is 1.